The Hall–Kier alpha value is -3.05. The molecule has 12 heteroatoms. The standard InChI is InChI=1S/C24H28ClFN2O7S/c1-4-35-24(30)16-9-11-27(12-10-16)23(29)15-28(17-5-7-20(26)19(25)13-17)36(31,32)18-6-8-21(33-2)22(14-18)34-3/h5-8,13-14,16H,4,9-12,15H2,1-3H3. The van der Waals surface area contributed by atoms with Crippen LogP contribution in [0.5, 0.6) is 11.5 Å². The van der Waals surface area contributed by atoms with Gasteiger partial charge in [0.2, 0.25) is 5.91 Å². The maximum absolute atomic E-state index is 13.8. The summed E-state index contributed by atoms with van der Waals surface area (Å²) in [5.74, 6) is -1.30. The summed E-state index contributed by atoms with van der Waals surface area (Å²) in [6, 6.07) is 7.45. The molecule has 2 aromatic carbocycles. The van der Waals surface area contributed by atoms with Gasteiger partial charge in [0.1, 0.15) is 12.4 Å². The smallest absolute Gasteiger partial charge is 0.309 e. The van der Waals surface area contributed by atoms with Gasteiger partial charge in [-0.2, -0.15) is 0 Å². The lowest BCUT2D eigenvalue weighted by Gasteiger charge is -2.33. The Kier molecular flexibility index (Phi) is 9.02. The minimum Gasteiger partial charge on any atom is -0.493 e. The quantitative estimate of drug-likeness (QED) is 0.447. The second kappa shape index (κ2) is 11.8. The molecule has 1 amide bonds. The van der Waals surface area contributed by atoms with Crippen LogP contribution in [0.3, 0.4) is 0 Å². The molecule has 0 unspecified atom stereocenters. The van der Waals surface area contributed by atoms with Gasteiger partial charge in [-0.25, -0.2) is 12.8 Å². The van der Waals surface area contributed by atoms with E-state index in [1.54, 1.807) is 6.92 Å². The van der Waals surface area contributed by atoms with E-state index in [9.17, 15) is 22.4 Å². The highest BCUT2D eigenvalue weighted by Gasteiger charge is 2.33. The van der Waals surface area contributed by atoms with Crippen LogP contribution in [0.15, 0.2) is 41.3 Å². The van der Waals surface area contributed by atoms with Crippen LogP contribution in [0, 0.1) is 11.7 Å². The van der Waals surface area contributed by atoms with Gasteiger partial charge in [-0.1, -0.05) is 11.6 Å². The van der Waals surface area contributed by atoms with E-state index in [0.29, 0.717) is 18.6 Å². The fourth-order valence-corrected chi connectivity index (χ4v) is 5.50. The van der Waals surface area contributed by atoms with Crippen molar-refractivity contribution in [3.05, 3.63) is 47.2 Å². The summed E-state index contributed by atoms with van der Waals surface area (Å²) < 4.78 is 57.5. The average molecular weight is 543 g/mol. The molecule has 0 aromatic heterocycles. The van der Waals surface area contributed by atoms with Gasteiger partial charge in [0.05, 0.1) is 42.3 Å². The van der Waals surface area contributed by atoms with Crippen LogP contribution in [0.2, 0.25) is 5.02 Å². The van der Waals surface area contributed by atoms with E-state index in [0.717, 1.165) is 16.4 Å². The molecule has 1 heterocycles. The lowest BCUT2D eigenvalue weighted by Crippen LogP contribution is -2.46. The monoisotopic (exact) mass is 542 g/mol. The summed E-state index contributed by atoms with van der Waals surface area (Å²) >= 11 is 5.93. The van der Waals surface area contributed by atoms with E-state index in [4.69, 9.17) is 25.8 Å². The summed E-state index contributed by atoms with van der Waals surface area (Å²) in [6.07, 6.45) is 0.824. The van der Waals surface area contributed by atoms with E-state index in [1.165, 1.54) is 43.4 Å². The zero-order valence-corrected chi connectivity index (χ0v) is 21.8. The van der Waals surface area contributed by atoms with Crippen LogP contribution in [-0.4, -0.2) is 65.7 Å². The highest BCUT2D eigenvalue weighted by atomic mass is 35.5. The van der Waals surface area contributed by atoms with Gasteiger partial charge in [0.15, 0.2) is 11.5 Å². The van der Waals surface area contributed by atoms with Gasteiger partial charge in [-0.05, 0) is 50.1 Å². The number of amides is 1. The lowest BCUT2D eigenvalue weighted by atomic mass is 9.97. The first kappa shape index (κ1) is 27.5. The first-order valence-corrected chi connectivity index (χ1v) is 13.1. The molecule has 0 bridgehead atoms. The van der Waals surface area contributed by atoms with Crippen molar-refractivity contribution < 1.29 is 36.6 Å². The Morgan fingerprint density at radius 3 is 2.33 bits per heavy atom. The number of hydrogen-bond donors (Lipinski definition) is 0. The maximum Gasteiger partial charge on any atom is 0.309 e. The molecule has 36 heavy (non-hydrogen) atoms. The van der Waals surface area contributed by atoms with Crippen molar-refractivity contribution in [2.75, 3.05) is 44.8 Å². The predicted octanol–water partition coefficient (Wildman–Crippen LogP) is 3.49. The number of rotatable bonds is 9. The lowest BCUT2D eigenvalue weighted by molar-refractivity contribution is -0.151. The van der Waals surface area contributed by atoms with E-state index in [1.807, 2.05) is 0 Å². The van der Waals surface area contributed by atoms with Crippen LogP contribution in [0.4, 0.5) is 10.1 Å². The Morgan fingerprint density at radius 2 is 1.75 bits per heavy atom. The molecular weight excluding hydrogens is 515 g/mol. The Morgan fingerprint density at radius 1 is 1.08 bits per heavy atom. The van der Waals surface area contributed by atoms with Gasteiger partial charge in [0, 0.05) is 19.2 Å². The second-order valence-corrected chi connectivity index (χ2v) is 10.3. The molecule has 1 aliphatic heterocycles. The number of anilines is 1. The van der Waals surface area contributed by atoms with Crippen LogP contribution in [-0.2, 0) is 24.3 Å². The van der Waals surface area contributed by atoms with E-state index in [2.05, 4.69) is 0 Å². The number of sulfonamides is 1. The molecule has 2 aromatic rings. The highest BCUT2D eigenvalue weighted by Crippen LogP contribution is 2.33. The third-order valence-electron chi connectivity index (χ3n) is 5.88. The van der Waals surface area contributed by atoms with Crippen molar-refractivity contribution in [3.8, 4) is 11.5 Å². The largest absolute Gasteiger partial charge is 0.493 e. The fourth-order valence-electron chi connectivity index (χ4n) is 3.91. The molecule has 196 valence electrons. The molecule has 0 saturated carbocycles. The number of methoxy groups -OCH3 is 2. The molecule has 0 aliphatic carbocycles. The van der Waals surface area contributed by atoms with Crippen LogP contribution in [0.1, 0.15) is 19.8 Å². The number of ether oxygens (including phenoxy) is 3. The number of hydrogen-bond acceptors (Lipinski definition) is 7. The summed E-state index contributed by atoms with van der Waals surface area (Å²) in [7, 11) is -1.52. The van der Waals surface area contributed by atoms with Crippen molar-refractivity contribution in [3.63, 3.8) is 0 Å². The SMILES string of the molecule is CCOC(=O)C1CCN(C(=O)CN(c2ccc(F)c(Cl)c2)S(=O)(=O)c2ccc(OC)c(OC)c2)CC1. The van der Waals surface area contributed by atoms with E-state index < -0.39 is 28.3 Å². The summed E-state index contributed by atoms with van der Waals surface area (Å²) in [4.78, 5) is 26.5. The summed E-state index contributed by atoms with van der Waals surface area (Å²) in [5.41, 5.74) is 0.0194. The van der Waals surface area contributed by atoms with Crippen LogP contribution >= 0.6 is 11.6 Å². The molecule has 3 rings (SSSR count). The van der Waals surface area contributed by atoms with Gasteiger partial charge in [-0.15, -0.1) is 0 Å². The third kappa shape index (κ3) is 6.01. The number of halogens is 2. The Labute approximate surface area is 214 Å². The molecular formula is C24H28ClFN2O7S. The number of nitrogens with zero attached hydrogens (tertiary/aromatic N) is 2. The predicted molar refractivity (Wildman–Crippen MR) is 131 cm³/mol. The molecule has 1 saturated heterocycles. The summed E-state index contributed by atoms with van der Waals surface area (Å²) in [6.45, 7) is 2.00. The van der Waals surface area contributed by atoms with E-state index >= 15 is 0 Å². The number of carbonyl (C=O) groups excluding carboxylic acids is 2. The van der Waals surface area contributed by atoms with Gasteiger partial charge in [0.25, 0.3) is 10.0 Å². The molecule has 0 radical (unpaired) electrons. The fraction of sp³-hybridized carbons (Fsp3) is 0.417. The second-order valence-electron chi connectivity index (χ2n) is 8.03. The molecule has 0 atom stereocenters. The molecule has 1 fully saturated rings. The van der Waals surface area contributed by atoms with Crippen molar-refractivity contribution in [2.45, 2.75) is 24.7 Å². The Bertz CT molecular complexity index is 1220. The normalized spacial score (nSPS) is 14.3. The van der Waals surface area contributed by atoms with Gasteiger partial charge < -0.3 is 19.1 Å². The first-order valence-electron chi connectivity index (χ1n) is 11.3. The molecule has 1 aliphatic rings. The number of esters is 1. The van der Waals surface area contributed by atoms with Crippen molar-refractivity contribution in [1.82, 2.24) is 4.90 Å². The zero-order chi connectivity index (χ0) is 26.5. The Balaban J connectivity index is 1.91. The van der Waals surface area contributed by atoms with Gasteiger partial charge in [-0.3, -0.25) is 13.9 Å². The van der Waals surface area contributed by atoms with Crippen molar-refractivity contribution in [2.24, 2.45) is 5.92 Å². The van der Waals surface area contributed by atoms with Crippen LogP contribution < -0.4 is 13.8 Å². The number of piperidine rings is 1. The third-order valence-corrected chi connectivity index (χ3v) is 7.94. The molecule has 9 nitrogen and oxygen atoms in total. The average Bonchev–Trinajstić information content (AvgIpc) is 2.88. The van der Waals surface area contributed by atoms with Crippen LogP contribution in [0.25, 0.3) is 0 Å². The topological polar surface area (TPSA) is 102 Å². The number of benzene rings is 2. The zero-order valence-electron chi connectivity index (χ0n) is 20.2. The summed E-state index contributed by atoms with van der Waals surface area (Å²) in [5, 5.41) is -0.289. The van der Waals surface area contributed by atoms with Crippen molar-refractivity contribution >= 4 is 39.2 Å². The highest BCUT2D eigenvalue weighted by molar-refractivity contribution is 7.92. The van der Waals surface area contributed by atoms with Crippen molar-refractivity contribution in [1.29, 1.82) is 0 Å². The van der Waals surface area contributed by atoms with Gasteiger partial charge >= 0.3 is 5.97 Å². The van der Waals surface area contributed by atoms with E-state index in [-0.39, 0.29) is 52.9 Å². The number of carbonyl (C=O) groups is 2. The molecule has 0 N–H and O–H groups in total. The minimum absolute atomic E-state index is 0.0194. The first-order chi connectivity index (χ1) is 17.1. The number of likely N-dealkylation sites (tertiary alicyclic amines) is 1. The minimum atomic E-state index is -4.31. The maximum atomic E-state index is 13.8. The molecule has 0 spiro atoms.